The van der Waals surface area contributed by atoms with Gasteiger partial charge in [-0.2, -0.15) is 0 Å². The number of halogens is 1. The highest BCUT2D eigenvalue weighted by molar-refractivity contribution is 6.21. The van der Waals surface area contributed by atoms with Gasteiger partial charge in [-0.3, -0.25) is 0 Å². The summed E-state index contributed by atoms with van der Waals surface area (Å²) in [6, 6.07) is 0. The largest absolute Gasteiger partial charge is 0.325 e. The first-order valence-electron chi connectivity index (χ1n) is 2.68. The molecule has 46 valence electrons. The average molecular weight is 133 g/mol. The molecular weight excluding hydrogens is 124 g/mol. The second-order valence-corrected chi connectivity index (χ2v) is 2.09. The lowest BCUT2D eigenvalue weighted by Crippen LogP contribution is -2.33. The molecule has 1 rings (SSSR count). The third-order valence-electron chi connectivity index (χ3n) is 1.13. The minimum absolute atomic E-state index is 0.0417. The Hall–Kier alpha value is -0.210. The Morgan fingerprint density at radius 2 is 2.62 bits per heavy atom. The third-order valence-corrected chi connectivity index (χ3v) is 1.51. The van der Waals surface area contributed by atoms with Gasteiger partial charge >= 0.3 is 0 Å². The summed E-state index contributed by atoms with van der Waals surface area (Å²) in [6.45, 7) is 2.98. The molecule has 0 aliphatic carbocycles. The van der Waals surface area contributed by atoms with Crippen LogP contribution in [0.15, 0.2) is 12.3 Å². The molecule has 1 atom stereocenters. The second kappa shape index (κ2) is 2.37. The van der Waals surface area contributed by atoms with Crippen LogP contribution in [0.1, 0.15) is 6.92 Å². The Balaban J connectivity index is 2.38. The van der Waals surface area contributed by atoms with Crippen molar-refractivity contribution < 1.29 is 0 Å². The van der Waals surface area contributed by atoms with Gasteiger partial charge < -0.3 is 5.43 Å². The lowest BCUT2D eigenvalue weighted by molar-refractivity contribution is 0.259. The highest BCUT2D eigenvalue weighted by Gasteiger charge is 2.12. The zero-order chi connectivity index (χ0) is 5.98. The van der Waals surface area contributed by atoms with Gasteiger partial charge in [-0.1, -0.05) is 18.5 Å². The Bertz CT molecular complexity index is 103. The molecule has 0 radical (unpaired) electrons. The van der Waals surface area contributed by atoms with E-state index in [2.05, 4.69) is 12.3 Å². The number of alkyl halides is 1. The first-order chi connectivity index (χ1) is 3.84. The van der Waals surface area contributed by atoms with Crippen LogP contribution in [-0.2, 0) is 0 Å². The van der Waals surface area contributed by atoms with Crippen LogP contribution < -0.4 is 5.43 Å². The molecule has 3 heteroatoms. The van der Waals surface area contributed by atoms with E-state index in [1.165, 1.54) is 0 Å². The molecule has 8 heavy (non-hydrogen) atoms. The molecule has 0 amide bonds. The van der Waals surface area contributed by atoms with Crippen molar-refractivity contribution in [2.24, 2.45) is 0 Å². The van der Waals surface area contributed by atoms with Gasteiger partial charge in [0.15, 0.2) is 0 Å². The van der Waals surface area contributed by atoms with Gasteiger partial charge in [0, 0.05) is 12.7 Å². The molecule has 1 unspecified atom stereocenters. The van der Waals surface area contributed by atoms with E-state index in [1.807, 2.05) is 17.3 Å². The van der Waals surface area contributed by atoms with Gasteiger partial charge in [-0.25, -0.2) is 5.01 Å². The maximum absolute atomic E-state index is 5.75. The van der Waals surface area contributed by atoms with Crippen LogP contribution in [0.4, 0.5) is 0 Å². The van der Waals surface area contributed by atoms with Crippen LogP contribution in [0.3, 0.4) is 0 Å². The van der Waals surface area contributed by atoms with E-state index >= 15 is 0 Å². The van der Waals surface area contributed by atoms with Crippen molar-refractivity contribution >= 4 is 11.6 Å². The summed E-state index contributed by atoms with van der Waals surface area (Å²) in [4.78, 5) is 0. The number of nitrogens with one attached hydrogen (secondary N) is 1. The molecule has 2 nitrogen and oxygen atoms in total. The number of likely N-dealkylation sites (N-methyl/N-ethyl adjacent to an activating group) is 1. The number of nitrogens with zero attached hydrogens (tertiary/aromatic N) is 1. The number of rotatable bonds is 1. The molecule has 0 spiro atoms. The molecule has 0 saturated carbocycles. The highest BCUT2D eigenvalue weighted by atomic mass is 35.5. The van der Waals surface area contributed by atoms with Crippen molar-refractivity contribution in [3.8, 4) is 0 Å². The molecule has 0 fully saturated rings. The lowest BCUT2D eigenvalue weighted by atomic mass is 10.6. The molecule has 0 saturated heterocycles. The molecule has 1 N–H and O–H groups in total. The minimum Gasteiger partial charge on any atom is -0.325 e. The maximum atomic E-state index is 5.75. The van der Waals surface area contributed by atoms with Crippen molar-refractivity contribution in [1.82, 2.24) is 10.4 Å². The van der Waals surface area contributed by atoms with Crippen LogP contribution in [0, 0.1) is 0 Å². The monoisotopic (exact) mass is 132 g/mol. The molecule has 0 aromatic rings. The fourth-order valence-electron chi connectivity index (χ4n) is 0.659. The van der Waals surface area contributed by atoms with Crippen molar-refractivity contribution in [3.63, 3.8) is 0 Å². The van der Waals surface area contributed by atoms with E-state index in [1.54, 1.807) is 0 Å². The van der Waals surface area contributed by atoms with E-state index < -0.39 is 0 Å². The van der Waals surface area contributed by atoms with E-state index in [4.69, 9.17) is 11.6 Å². The van der Waals surface area contributed by atoms with E-state index in [9.17, 15) is 0 Å². The smallest absolute Gasteiger partial charge is 0.123 e. The first-order valence-corrected chi connectivity index (χ1v) is 3.12. The highest BCUT2D eigenvalue weighted by Crippen LogP contribution is 2.07. The van der Waals surface area contributed by atoms with Crippen LogP contribution in [0.5, 0.6) is 0 Å². The number of hydrazine groups is 1. The first kappa shape index (κ1) is 5.92. The van der Waals surface area contributed by atoms with Gasteiger partial charge in [-0.15, -0.1) is 0 Å². The van der Waals surface area contributed by atoms with Crippen molar-refractivity contribution in [3.05, 3.63) is 12.3 Å². The van der Waals surface area contributed by atoms with E-state index in [0.717, 1.165) is 6.54 Å². The van der Waals surface area contributed by atoms with Crippen molar-refractivity contribution in [2.45, 2.75) is 12.4 Å². The SMILES string of the molecule is CCN1NC=CC1Cl. The quantitative estimate of drug-likeness (QED) is 0.422. The second-order valence-electron chi connectivity index (χ2n) is 1.65. The third kappa shape index (κ3) is 0.956. The van der Waals surface area contributed by atoms with Crippen LogP contribution in [0.25, 0.3) is 0 Å². The maximum Gasteiger partial charge on any atom is 0.123 e. The minimum atomic E-state index is 0.0417. The van der Waals surface area contributed by atoms with Gasteiger partial charge in [0.25, 0.3) is 0 Å². The average Bonchev–Trinajstić information content (AvgIpc) is 2.14. The molecule has 1 aliphatic heterocycles. The zero-order valence-electron chi connectivity index (χ0n) is 4.76. The van der Waals surface area contributed by atoms with Gasteiger partial charge in [-0.05, 0) is 6.08 Å². The summed E-state index contributed by atoms with van der Waals surface area (Å²) >= 11 is 5.75. The van der Waals surface area contributed by atoms with Crippen LogP contribution in [0.2, 0.25) is 0 Å². The summed E-state index contributed by atoms with van der Waals surface area (Å²) in [5.41, 5.74) is 3.02. The molecule has 0 aromatic heterocycles. The van der Waals surface area contributed by atoms with Crippen LogP contribution >= 0.6 is 11.6 Å². The Kier molecular flexibility index (Phi) is 1.76. The van der Waals surface area contributed by atoms with Crippen molar-refractivity contribution in [1.29, 1.82) is 0 Å². The predicted molar refractivity (Wildman–Crippen MR) is 34.3 cm³/mol. The number of hydrogen-bond acceptors (Lipinski definition) is 2. The van der Waals surface area contributed by atoms with Crippen LogP contribution in [-0.4, -0.2) is 17.1 Å². The molecule has 1 heterocycles. The standard InChI is InChI=1S/C5H9ClN2/c1-2-8-5(6)3-4-7-8/h3-5,7H,2H2,1H3. The van der Waals surface area contributed by atoms with Gasteiger partial charge in [0.2, 0.25) is 0 Å². The fraction of sp³-hybridized carbons (Fsp3) is 0.600. The Morgan fingerprint density at radius 1 is 1.88 bits per heavy atom. The number of hydrogen-bond donors (Lipinski definition) is 1. The van der Waals surface area contributed by atoms with E-state index in [0.29, 0.717) is 0 Å². The molecule has 1 aliphatic rings. The summed E-state index contributed by atoms with van der Waals surface area (Å²) in [6.07, 6.45) is 3.76. The lowest BCUT2D eigenvalue weighted by Gasteiger charge is -2.16. The summed E-state index contributed by atoms with van der Waals surface area (Å²) in [5.74, 6) is 0. The summed E-state index contributed by atoms with van der Waals surface area (Å²) in [7, 11) is 0. The molecule has 0 aromatic carbocycles. The summed E-state index contributed by atoms with van der Waals surface area (Å²) in [5, 5.41) is 1.93. The van der Waals surface area contributed by atoms with E-state index in [-0.39, 0.29) is 5.50 Å². The normalized spacial score (nSPS) is 28.5. The topological polar surface area (TPSA) is 15.3 Å². The van der Waals surface area contributed by atoms with Gasteiger partial charge in [0.05, 0.1) is 0 Å². The predicted octanol–water partition coefficient (Wildman–Crippen LogP) is 0.905. The summed E-state index contributed by atoms with van der Waals surface area (Å²) < 4.78 is 0. The Morgan fingerprint density at radius 3 is 2.88 bits per heavy atom. The van der Waals surface area contributed by atoms with Crippen molar-refractivity contribution in [2.75, 3.05) is 6.54 Å². The fourth-order valence-corrected chi connectivity index (χ4v) is 0.926. The van der Waals surface area contributed by atoms with Gasteiger partial charge in [0.1, 0.15) is 5.50 Å². The Labute approximate surface area is 54.1 Å². The molecular formula is C5H9ClN2. The molecule has 0 bridgehead atoms. The zero-order valence-corrected chi connectivity index (χ0v) is 5.52.